The van der Waals surface area contributed by atoms with Crippen molar-refractivity contribution in [3.05, 3.63) is 23.4 Å². The van der Waals surface area contributed by atoms with Gasteiger partial charge in [-0.2, -0.15) is 0 Å². The molecule has 2 aliphatic heterocycles. The van der Waals surface area contributed by atoms with Gasteiger partial charge in [0, 0.05) is 25.2 Å². The number of nitrogens with one attached hydrogen (secondary N) is 1. The van der Waals surface area contributed by atoms with Crippen molar-refractivity contribution in [2.45, 2.75) is 38.5 Å². The molecule has 7 heteroatoms. The van der Waals surface area contributed by atoms with E-state index < -0.39 is 5.97 Å². The Hall–Kier alpha value is -2.44. The molecule has 1 aromatic heterocycles. The minimum atomic E-state index is -0.730. The Kier molecular flexibility index (Phi) is 4.51. The number of aliphatic carboxylic acids is 1. The molecule has 2 amide bonds. The van der Waals surface area contributed by atoms with Gasteiger partial charge in [0.25, 0.3) is 0 Å². The highest BCUT2D eigenvalue weighted by molar-refractivity contribution is 6.01. The molecule has 0 spiro atoms. The van der Waals surface area contributed by atoms with Gasteiger partial charge in [-0.05, 0) is 37.8 Å². The fraction of sp³-hybridized carbons (Fsp3) is 0.529. The van der Waals surface area contributed by atoms with Crippen molar-refractivity contribution >= 4 is 23.6 Å². The van der Waals surface area contributed by atoms with Crippen molar-refractivity contribution in [1.29, 1.82) is 0 Å². The van der Waals surface area contributed by atoms with Crippen molar-refractivity contribution in [2.75, 3.05) is 18.0 Å². The van der Waals surface area contributed by atoms with E-state index in [2.05, 4.69) is 15.2 Å². The Morgan fingerprint density at radius 2 is 1.96 bits per heavy atom. The zero-order valence-corrected chi connectivity index (χ0v) is 13.6. The van der Waals surface area contributed by atoms with Crippen LogP contribution >= 0.6 is 0 Å². The average Bonchev–Trinajstić information content (AvgIpc) is 2.55. The Bertz CT molecular complexity index is 680. The molecule has 1 aromatic rings. The zero-order valence-electron chi connectivity index (χ0n) is 13.6. The number of anilines is 1. The maximum Gasteiger partial charge on any atom is 0.306 e. The average molecular weight is 331 g/mol. The maximum absolute atomic E-state index is 12.0. The first-order chi connectivity index (χ1) is 11.5. The van der Waals surface area contributed by atoms with Crippen LogP contribution in [-0.2, 0) is 14.4 Å². The number of amides is 2. The number of carbonyl (C=O) groups is 3. The van der Waals surface area contributed by atoms with Crippen molar-refractivity contribution in [3.63, 3.8) is 0 Å². The van der Waals surface area contributed by atoms with E-state index in [0.717, 1.165) is 17.1 Å². The fourth-order valence-corrected chi connectivity index (χ4v) is 3.45. The van der Waals surface area contributed by atoms with Gasteiger partial charge < -0.3 is 10.0 Å². The summed E-state index contributed by atoms with van der Waals surface area (Å²) in [5, 5.41) is 11.4. The smallest absolute Gasteiger partial charge is 0.306 e. The zero-order chi connectivity index (χ0) is 17.3. The lowest BCUT2D eigenvalue weighted by atomic mass is 9.89. The maximum atomic E-state index is 12.0. The monoisotopic (exact) mass is 331 g/mol. The van der Waals surface area contributed by atoms with Gasteiger partial charge in [-0.25, -0.2) is 4.98 Å². The van der Waals surface area contributed by atoms with Crippen molar-refractivity contribution in [2.24, 2.45) is 5.92 Å². The number of piperidine rings is 2. The van der Waals surface area contributed by atoms with E-state index in [1.165, 1.54) is 0 Å². The molecule has 2 saturated heterocycles. The SMILES string of the molecule is Cc1nc(N2CCC(C(=O)O)CC2)ccc1[C@@H]1CCC(=O)NC1=O. The molecule has 0 saturated carbocycles. The third-order valence-electron chi connectivity index (χ3n) is 4.89. The van der Waals surface area contributed by atoms with Gasteiger partial charge in [0.05, 0.1) is 11.8 Å². The van der Waals surface area contributed by atoms with Crippen LogP contribution in [0.3, 0.4) is 0 Å². The number of rotatable bonds is 3. The molecule has 7 nitrogen and oxygen atoms in total. The van der Waals surface area contributed by atoms with Crippen LogP contribution in [0.1, 0.15) is 42.9 Å². The summed E-state index contributed by atoms with van der Waals surface area (Å²) in [6.45, 7) is 3.20. The number of nitrogens with zero attached hydrogens (tertiary/aromatic N) is 2. The van der Waals surface area contributed by atoms with E-state index in [4.69, 9.17) is 5.11 Å². The van der Waals surface area contributed by atoms with Gasteiger partial charge in [0.2, 0.25) is 11.8 Å². The van der Waals surface area contributed by atoms with E-state index in [0.29, 0.717) is 38.8 Å². The van der Waals surface area contributed by atoms with E-state index in [1.807, 2.05) is 19.1 Å². The number of hydrogen-bond acceptors (Lipinski definition) is 5. The van der Waals surface area contributed by atoms with Crippen LogP contribution in [0.2, 0.25) is 0 Å². The normalized spacial score (nSPS) is 22.4. The Balaban J connectivity index is 1.72. The Labute approximate surface area is 140 Å². The molecule has 3 heterocycles. The summed E-state index contributed by atoms with van der Waals surface area (Å²) in [5.74, 6) is -1.00. The number of pyridine rings is 1. The second-order valence-electron chi connectivity index (χ2n) is 6.45. The van der Waals surface area contributed by atoms with Gasteiger partial charge in [0.15, 0.2) is 0 Å². The van der Waals surface area contributed by atoms with Crippen LogP contribution in [0, 0.1) is 12.8 Å². The Morgan fingerprint density at radius 3 is 2.54 bits per heavy atom. The quantitative estimate of drug-likeness (QED) is 0.808. The summed E-state index contributed by atoms with van der Waals surface area (Å²) in [6, 6.07) is 3.79. The van der Waals surface area contributed by atoms with Crippen molar-refractivity contribution in [3.8, 4) is 0 Å². The number of carboxylic acid groups (broad SMARTS) is 1. The number of hydrogen-bond donors (Lipinski definition) is 2. The van der Waals surface area contributed by atoms with Gasteiger partial charge in [-0.3, -0.25) is 19.7 Å². The van der Waals surface area contributed by atoms with Crippen LogP contribution in [0.25, 0.3) is 0 Å². The minimum Gasteiger partial charge on any atom is -0.481 e. The van der Waals surface area contributed by atoms with Gasteiger partial charge in [-0.15, -0.1) is 0 Å². The second-order valence-corrected chi connectivity index (χ2v) is 6.45. The molecule has 0 radical (unpaired) electrons. The highest BCUT2D eigenvalue weighted by atomic mass is 16.4. The highest BCUT2D eigenvalue weighted by Gasteiger charge is 2.30. The molecule has 24 heavy (non-hydrogen) atoms. The van der Waals surface area contributed by atoms with Crippen molar-refractivity contribution in [1.82, 2.24) is 10.3 Å². The standard InChI is InChI=1S/C17H21N3O4/c1-10-12(13-3-5-15(21)19-16(13)22)2-4-14(18-10)20-8-6-11(7-9-20)17(23)24/h2,4,11,13H,3,5-9H2,1H3,(H,23,24)(H,19,21,22)/t13-/m0/s1. The number of aryl methyl sites for hydroxylation is 1. The lowest BCUT2D eigenvalue weighted by Crippen LogP contribution is -2.40. The van der Waals surface area contributed by atoms with Crippen LogP contribution in [0.15, 0.2) is 12.1 Å². The predicted molar refractivity (Wildman–Crippen MR) is 86.7 cm³/mol. The lowest BCUT2D eigenvalue weighted by molar-refractivity contribution is -0.142. The van der Waals surface area contributed by atoms with Crippen molar-refractivity contribution < 1.29 is 19.5 Å². The number of aromatic nitrogens is 1. The molecular weight excluding hydrogens is 310 g/mol. The Morgan fingerprint density at radius 1 is 1.25 bits per heavy atom. The molecule has 0 bridgehead atoms. The second kappa shape index (κ2) is 6.59. The third-order valence-corrected chi connectivity index (χ3v) is 4.89. The third kappa shape index (κ3) is 3.25. The molecule has 0 unspecified atom stereocenters. The van der Waals surface area contributed by atoms with Crippen LogP contribution in [-0.4, -0.2) is 41.0 Å². The molecular formula is C17H21N3O4. The summed E-state index contributed by atoms with van der Waals surface area (Å²) < 4.78 is 0. The summed E-state index contributed by atoms with van der Waals surface area (Å²) in [6.07, 6.45) is 2.09. The summed E-state index contributed by atoms with van der Waals surface area (Å²) in [7, 11) is 0. The summed E-state index contributed by atoms with van der Waals surface area (Å²) in [5.41, 5.74) is 1.63. The molecule has 0 aliphatic carbocycles. The van der Waals surface area contributed by atoms with Gasteiger partial charge in [-0.1, -0.05) is 6.07 Å². The predicted octanol–water partition coefficient (Wildman–Crippen LogP) is 1.21. The van der Waals surface area contributed by atoms with Crippen LogP contribution in [0.5, 0.6) is 0 Å². The summed E-state index contributed by atoms with van der Waals surface area (Å²) in [4.78, 5) is 41.0. The highest BCUT2D eigenvalue weighted by Crippen LogP contribution is 2.29. The topological polar surface area (TPSA) is 99.6 Å². The summed E-state index contributed by atoms with van der Waals surface area (Å²) >= 11 is 0. The molecule has 2 fully saturated rings. The van der Waals surface area contributed by atoms with Gasteiger partial charge >= 0.3 is 5.97 Å². The minimum absolute atomic E-state index is 0.222. The first-order valence-electron chi connectivity index (χ1n) is 8.24. The van der Waals surface area contributed by atoms with E-state index in [1.54, 1.807) is 0 Å². The van der Waals surface area contributed by atoms with E-state index >= 15 is 0 Å². The lowest BCUT2D eigenvalue weighted by Gasteiger charge is -2.31. The molecule has 3 rings (SSSR count). The molecule has 2 aliphatic rings. The molecule has 2 N–H and O–H groups in total. The molecule has 0 aromatic carbocycles. The number of imide groups is 1. The van der Waals surface area contributed by atoms with Gasteiger partial charge in [0.1, 0.15) is 5.82 Å². The van der Waals surface area contributed by atoms with E-state index in [-0.39, 0.29) is 23.7 Å². The molecule has 1 atom stereocenters. The molecule has 128 valence electrons. The number of carbonyl (C=O) groups excluding carboxylic acids is 2. The first kappa shape index (κ1) is 16.4. The van der Waals surface area contributed by atoms with Crippen LogP contribution < -0.4 is 10.2 Å². The first-order valence-corrected chi connectivity index (χ1v) is 8.24. The largest absolute Gasteiger partial charge is 0.481 e. The van der Waals surface area contributed by atoms with E-state index in [9.17, 15) is 14.4 Å². The fourth-order valence-electron chi connectivity index (χ4n) is 3.45. The number of carboxylic acids is 1. The van der Waals surface area contributed by atoms with Crippen LogP contribution in [0.4, 0.5) is 5.82 Å².